The number of aromatic hydroxyl groups is 1. The molecule has 4 aliphatic heterocycles. The van der Waals surface area contributed by atoms with Crippen LogP contribution in [0.25, 0.3) is 0 Å². The minimum atomic E-state index is -0.124. The quantitative estimate of drug-likeness (QED) is 0.692. The lowest BCUT2D eigenvalue weighted by Crippen LogP contribution is -2.73. The van der Waals surface area contributed by atoms with Gasteiger partial charge in [0.1, 0.15) is 6.10 Å². The van der Waals surface area contributed by atoms with E-state index >= 15 is 0 Å². The van der Waals surface area contributed by atoms with E-state index < -0.39 is 0 Å². The second kappa shape index (κ2) is 7.59. The van der Waals surface area contributed by atoms with E-state index in [0.717, 1.165) is 56.8 Å². The van der Waals surface area contributed by atoms with Crippen LogP contribution in [0.2, 0.25) is 0 Å². The molecule has 2 spiro atoms. The lowest BCUT2D eigenvalue weighted by atomic mass is 9.42. The molecule has 5 fully saturated rings. The van der Waals surface area contributed by atoms with Crippen molar-refractivity contribution >= 4 is 6.03 Å². The van der Waals surface area contributed by atoms with E-state index in [-0.39, 0.29) is 34.8 Å². The largest absolute Gasteiger partial charge is 0.504 e. The minimum Gasteiger partial charge on any atom is -0.504 e. The maximum atomic E-state index is 14.0. The predicted molar refractivity (Wildman–Crippen MR) is 136 cm³/mol. The molecule has 2 amide bonds. The lowest BCUT2D eigenvalue weighted by Gasteiger charge is -2.66. The molecule has 3 aliphatic carbocycles. The van der Waals surface area contributed by atoms with Gasteiger partial charge >= 0.3 is 6.03 Å². The van der Waals surface area contributed by atoms with Gasteiger partial charge in [-0.1, -0.05) is 6.07 Å². The third-order valence-electron chi connectivity index (χ3n) is 10.8. The van der Waals surface area contributed by atoms with Crippen LogP contribution in [0, 0.1) is 11.3 Å². The maximum absolute atomic E-state index is 14.0. The molecule has 7 aliphatic rings. The van der Waals surface area contributed by atoms with Crippen molar-refractivity contribution in [2.24, 2.45) is 11.3 Å². The highest BCUT2D eigenvalue weighted by Crippen LogP contribution is 2.71. The van der Waals surface area contributed by atoms with Crippen LogP contribution in [0.3, 0.4) is 0 Å². The van der Waals surface area contributed by atoms with Crippen LogP contribution in [-0.4, -0.2) is 80.9 Å². The Bertz CT molecular complexity index is 1270. The van der Waals surface area contributed by atoms with Crippen molar-refractivity contribution in [3.63, 3.8) is 0 Å². The minimum absolute atomic E-state index is 0.000754. The molecule has 5 heterocycles. The highest BCUT2D eigenvalue weighted by Gasteiger charge is 2.74. The van der Waals surface area contributed by atoms with Gasteiger partial charge in [-0.2, -0.15) is 10.2 Å². The molecule has 1 N–H and O–H groups in total. The predicted octanol–water partition coefficient (Wildman–Crippen LogP) is 3.33. The molecule has 0 unspecified atom stereocenters. The van der Waals surface area contributed by atoms with Crippen molar-refractivity contribution in [2.45, 2.75) is 75.1 Å². The summed E-state index contributed by atoms with van der Waals surface area (Å²) in [6.07, 6.45) is 9.43. The lowest BCUT2D eigenvalue weighted by molar-refractivity contribution is -0.129. The summed E-state index contributed by atoms with van der Waals surface area (Å²) >= 11 is 0. The summed E-state index contributed by atoms with van der Waals surface area (Å²) in [6, 6.07) is 8.27. The SMILES string of the molecule is CN(Cc1cccnn1)C(=O)N1CC[C@@]23CC[C@@H]1[C@@H]1Oc4c(O)ccc5c4[C@@]12CCN(CC1CC1)[C@@H]3C5. The summed E-state index contributed by atoms with van der Waals surface area (Å²) in [4.78, 5) is 20.7. The molecule has 0 radical (unpaired) electrons. The Hall–Kier alpha value is -2.87. The number of carbonyl (C=O) groups excluding carboxylic acids is 1. The zero-order chi connectivity index (χ0) is 24.9. The third-order valence-corrected chi connectivity index (χ3v) is 10.8. The summed E-state index contributed by atoms with van der Waals surface area (Å²) in [5.74, 6) is 1.81. The van der Waals surface area contributed by atoms with Crippen molar-refractivity contribution < 1.29 is 14.6 Å². The first-order valence-electron chi connectivity index (χ1n) is 14.1. The third kappa shape index (κ3) is 2.85. The Labute approximate surface area is 217 Å². The van der Waals surface area contributed by atoms with E-state index in [1.54, 1.807) is 11.1 Å². The number of aromatic nitrogens is 2. The summed E-state index contributed by atoms with van der Waals surface area (Å²) in [6.45, 7) is 3.49. The van der Waals surface area contributed by atoms with Crippen molar-refractivity contribution in [3.05, 3.63) is 47.3 Å². The molecule has 2 saturated carbocycles. The van der Waals surface area contributed by atoms with Crippen LogP contribution in [0.5, 0.6) is 11.5 Å². The fourth-order valence-electron chi connectivity index (χ4n) is 9.17. The van der Waals surface area contributed by atoms with E-state index in [4.69, 9.17) is 4.74 Å². The molecule has 9 rings (SSSR count). The van der Waals surface area contributed by atoms with Crippen molar-refractivity contribution in [1.29, 1.82) is 0 Å². The number of amides is 2. The molecule has 1 aromatic heterocycles. The molecule has 4 bridgehead atoms. The van der Waals surface area contributed by atoms with Gasteiger partial charge in [0, 0.05) is 48.8 Å². The number of fused-ring (bicyclic) bond motifs is 3. The van der Waals surface area contributed by atoms with Crippen LogP contribution in [0.1, 0.15) is 55.3 Å². The number of phenolic OH excluding ortho intramolecular Hbond substituents is 1. The second-order valence-corrected chi connectivity index (χ2v) is 12.4. The van der Waals surface area contributed by atoms with Crippen molar-refractivity contribution in [3.8, 4) is 11.5 Å². The van der Waals surface area contributed by atoms with E-state index in [9.17, 15) is 9.90 Å². The first kappa shape index (κ1) is 22.1. The summed E-state index contributed by atoms with van der Waals surface area (Å²) < 4.78 is 6.82. The average Bonchev–Trinajstić information content (AvgIpc) is 3.70. The number of hydrogen-bond acceptors (Lipinski definition) is 6. The molecule has 8 heteroatoms. The molecule has 8 nitrogen and oxygen atoms in total. The fraction of sp³-hybridized carbons (Fsp3) is 0.621. The van der Waals surface area contributed by atoms with Gasteiger partial charge in [-0.15, -0.1) is 0 Å². The van der Waals surface area contributed by atoms with Gasteiger partial charge in [0.05, 0.1) is 18.3 Å². The Morgan fingerprint density at radius 1 is 1.19 bits per heavy atom. The molecule has 3 saturated heterocycles. The van der Waals surface area contributed by atoms with E-state index in [2.05, 4.69) is 26.1 Å². The number of phenols is 1. The normalized spacial score (nSPS) is 35.1. The van der Waals surface area contributed by atoms with Crippen molar-refractivity contribution in [1.82, 2.24) is 24.9 Å². The Morgan fingerprint density at radius 2 is 2.08 bits per heavy atom. The van der Waals surface area contributed by atoms with Crippen molar-refractivity contribution in [2.75, 3.05) is 26.7 Å². The van der Waals surface area contributed by atoms with Gasteiger partial charge < -0.3 is 19.6 Å². The molecule has 194 valence electrons. The van der Waals surface area contributed by atoms with Gasteiger partial charge in [-0.05, 0) is 81.2 Å². The highest BCUT2D eigenvalue weighted by atomic mass is 16.5. The van der Waals surface area contributed by atoms with Crippen LogP contribution in [0.4, 0.5) is 4.79 Å². The van der Waals surface area contributed by atoms with Crippen LogP contribution < -0.4 is 4.74 Å². The van der Waals surface area contributed by atoms with Gasteiger partial charge in [0.2, 0.25) is 0 Å². The van der Waals surface area contributed by atoms with Crippen LogP contribution >= 0.6 is 0 Å². The number of carbonyl (C=O) groups is 1. The zero-order valence-corrected chi connectivity index (χ0v) is 21.5. The van der Waals surface area contributed by atoms with E-state index in [1.807, 2.05) is 25.2 Å². The average molecular weight is 502 g/mol. The van der Waals surface area contributed by atoms with E-state index in [1.165, 1.54) is 30.5 Å². The van der Waals surface area contributed by atoms with Crippen LogP contribution in [-0.2, 0) is 18.4 Å². The number of ether oxygens (including phenoxy) is 1. The molecule has 37 heavy (non-hydrogen) atoms. The van der Waals surface area contributed by atoms with E-state index in [0.29, 0.717) is 18.3 Å². The van der Waals surface area contributed by atoms with Gasteiger partial charge in [0.15, 0.2) is 11.5 Å². The fourth-order valence-corrected chi connectivity index (χ4v) is 9.17. The number of benzene rings is 1. The topological polar surface area (TPSA) is 82.0 Å². The number of rotatable bonds is 4. The Kier molecular flexibility index (Phi) is 4.54. The summed E-state index contributed by atoms with van der Waals surface area (Å²) in [7, 11) is 1.86. The number of piperidine rings is 1. The zero-order valence-electron chi connectivity index (χ0n) is 21.5. The Balaban J connectivity index is 1.21. The van der Waals surface area contributed by atoms with Gasteiger partial charge in [-0.25, -0.2) is 4.79 Å². The number of nitrogens with zero attached hydrogens (tertiary/aromatic N) is 5. The first-order chi connectivity index (χ1) is 18.0. The summed E-state index contributed by atoms with van der Waals surface area (Å²) in [5.41, 5.74) is 3.38. The summed E-state index contributed by atoms with van der Waals surface area (Å²) in [5, 5.41) is 19.1. The van der Waals surface area contributed by atoms with Gasteiger partial charge in [-0.3, -0.25) is 4.90 Å². The van der Waals surface area contributed by atoms with Gasteiger partial charge in [0.25, 0.3) is 0 Å². The standard InChI is InChI=1S/C29H35N5O3/c1-32(17-20-3-2-12-30-31-20)27(36)34-14-10-28-9-8-21(34)26-29(28)11-13-33(16-18-4-5-18)23(28)15-19-6-7-22(35)25(37-26)24(19)29/h2-3,6-7,12,18,21,23,26,35H,4-5,8-11,13-17H2,1H3/t21-,23-,26+,28-,29+/m1/s1. The molecule has 2 aromatic rings. The monoisotopic (exact) mass is 501 g/mol. The second-order valence-electron chi connectivity index (χ2n) is 12.4. The smallest absolute Gasteiger partial charge is 0.320 e. The first-order valence-corrected chi connectivity index (χ1v) is 14.1. The number of likely N-dealkylation sites (tertiary alicyclic amines) is 1. The number of urea groups is 1. The van der Waals surface area contributed by atoms with Crippen LogP contribution in [0.15, 0.2) is 30.5 Å². The number of hydrogen-bond donors (Lipinski definition) is 1. The highest BCUT2D eigenvalue weighted by molar-refractivity contribution is 5.75. The molecular formula is C29H35N5O3. The molecule has 1 aromatic carbocycles. The maximum Gasteiger partial charge on any atom is 0.320 e. The molecule has 5 atom stereocenters. The Morgan fingerprint density at radius 3 is 2.89 bits per heavy atom. The molecular weight excluding hydrogens is 466 g/mol.